The Hall–Kier alpha value is -0.910. The van der Waals surface area contributed by atoms with E-state index in [-0.39, 0.29) is 18.1 Å². The summed E-state index contributed by atoms with van der Waals surface area (Å²) in [5.74, 6) is 0.186. The van der Waals surface area contributed by atoms with Crippen molar-refractivity contribution in [1.29, 1.82) is 0 Å². The van der Waals surface area contributed by atoms with Gasteiger partial charge in [-0.25, -0.2) is 8.42 Å². The Kier molecular flexibility index (Phi) is 5.61. The Morgan fingerprint density at radius 1 is 1.18 bits per heavy atom. The number of sulfone groups is 1. The third-order valence-electron chi connectivity index (χ3n) is 2.40. The second-order valence-corrected chi connectivity index (χ2v) is 6.10. The lowest BCUT2D eigenvalue weighted by molar-refractivity contribution is 0.199. The Morgan fingerprint density at radius 2 is 1.76 bits per heavy atom. The Bertz CT molecular complexity index is 422. The Labute approximate surface area is 102 Å². The summed E-state index contributed by atoms with van der Waals surface area (Å²) in [5.41, 5.74) is 1.53. The molecular weight excluding hydrogens is 240 g/mol. The van der Waals surface area contributed by atoms with Gasteiger partial charge in [-0.3, -0.25) is 0 Å². The minimum atomic E-state index is -3.07. The number of hydrogen-bond donors (Lipinski definition) is 1. The lowest BCUT2D eigenvalue weighted by Crippen LogP contribution is -2.11. The second-order valence-electron chi connectivity index (χ2n) is 3.91. The van der Waals surface area contributed by atoms with Gasteiger partial charge in [0.2, 0.25) is 0 Å². The maximum Gasteiger partial charge on any atom is 0.154 e. The van der Waals surface area contributed by atoms with Crippen LogP contribution in [-0.4, -0.2) is 33.0 Å². The van der Waals surface area contributed by atoms with E-state index in [9.17, 15) is 8.42 Å². The minimum absolute atomic E-state index is 0.0269. The van der Waals surface area contributed by atoms with Crippen LogP contribution in [0.3, 0.4) is 0 Å². The van der Waals surface area contributed by atoms with Gasteiger partial charge in [-0.1, -0.05) is 24.3 Å². The molecule has 0 bridgehead atoms. The number of ether oxygens (including phenoxy) is 1. The maximum absolute atomic E-state index is 11.7. The minimum Gasteiger partial charge on any atom is -0.392 e. The van der Waals surface area contributed by atoms with Crippen molar-refractivity contribution < 1.29 is 18.3 Å². The molecule has 0 heterocycles. The van der Waals surface area contributed by atoms with E-state index in [2.05, 4.69) is 0 Å². The molecule has 5 heteroatoms. The zero-order chi connectivity index (χ0) is 12.7. The summed E-state index contributed by atoms with van der Waals surface area (Å²) in [6, 6.07) is 6.94. The highest BCUT2D eigenvalue weighted by Gasteiger charge is 2.11. The first-order valence-electron chi connectivity index (χ1n) is 5.45. The van der Waals surface area contributed by atoms with E-state index in [0.29, 0.717) is 13.0 Å². The third-order valence-corrected chi connectivity index (χ3v) is 4.08. The van der Waals surface area contributed by atoms with Crippen LogP contribution >= 0.6 is 0 Å². The van der Waals surface area contributed by atoms with Crippen molar-refractivity contribution in [1.82, 2.24) is 0 Å². The number of benzene rings is 1. The molecule has 0 atom stereocenters. The monoisotopic (exact) mass is 258 g/mol. The van der Waals surface area contributed by atoms with Crippen molar-refractivity contribution in [2.45, 2.75) is 18.8 Å². The van der Waals surface area contributed by atoms with Crippen LogP contribution in [0.2, 0.25) is 0 Å². The predicted octanol–water partition coefficient (Wildman–Crippen LogP) is 1.13. The van der Waals surface area contributed by atoms with Crippen molar-refractivity contribution >= 4 is 9.84 Å². The van der Waals surface area contributed by atoms with Crippen LogP contribution < -0.4 is 0 Å². The molecule has 0 amide bonds. The standard InChI is InChI=1S/C12H18O4S/c1-16-7-2-8-17(14,15)10-12-5-3-11(9-13)4-6-12/h3-6,13H,2,7-10H2,1H3. The third kappa shape index (κ3) is 5.30. The van der Waals surface area contributed by atoms with Crippen molar-refractivity contribution in [3.05, 3.63) is 35.4 Å². The SMILES string of the molecule is COCCCS(=O)(=O)Cc1ccc(CO)cc1. The van der Waals surface area contributed by atoms with Crippen molar-refractivity contribution in [2.24, 2.45) is 0 Å². The molecule has 17 heavy (non-hydrogen) atoms. The number of aliphatic hydroxyl groups is 1. The van der Waals surface area contributed by atoms with Gasteiger partial charge in [-0.15, -0.1) is 0 Å². The number of rotatable bonds is 7. The van der Waals surface area contributed by atoms with E-state index in [4.69, 9.17) is 9.84 Å². The molecule has 1 aromatic carbocycles. The molecule has 96 valence electrons. The van der Waals surface area contributed by atoms with Crippen molar-refractivity contribution in [3.63, 3.8) is 0 Å². The molecule has 0 fully saturated rings. The molecule has 0 radical (unpaired) electrons. The average molecular weight is 258 g/mol. The fourth-order valence-electron chi connectivity index (χ4n) is 1.49. The summed E-state index contributed by atoms with van der Waals surface area (Å²) in [4.78, 5) is 0. The summed E-state index contributed by atoms with van der Waals surface area (Å²) >= 11 is 0. The first kappa shape index (κ1) is 14.2. The molecule has 0 aromatic heterocycles. The lowest BCUT2D eigenvalue weighted by Gasteiger charge is -2.05. The fourth-order valence-corrected chi connectivity index (χ4v) is 2.89. The first-order valence-corrected chi connectivity index (χ1v) is 7.27. The first-order chi connectivity index (χ1) is 8.07. The van der Waals surface area contributed by atoms with Crippen LogP contribution in [0.15, 0.2) is 24.3 Å². The summed E-state index contributed by atoms with van der Waals surface area (Å²) < 4.78 is 28.3. The van der Waals surface area contributed by atoms with Crippen LogP contribution in [0, 0.1) is 0 Å². The van der Waals surface area contributed by atoms with Gasteiger partial charge in [0.25, 0.3) is 0 Å². The van der Waals surface area contributed by atoms with E-state index in [1.807, 2.05) is 0 Å². The predicted molar refractivity (Wildman–Crippen MR) is 66.3 cm³/mol. The molecular formula is C12H18O4S. The van der Waals surface area contributed by atoms with Crippen molar-refractivity contribution in [3.8, 4) is 0 Å². The van der Waals surface area contributed by atoms with Crippen LogP contribution in [0.5, 0.6) is 0 Å². The molecule has 0 aliphatic rings. The lowest BCUT2D eigenvalue weighted by atomic mass is 10.2. The molecule has 1 aromatic rings. The molecule has 4 nitrogen and oxygen atoms in total. The van der Waals surface area contributed by atoms with Gasteiger partial charge in [0.1, 0.15) is 0 Å². The summed E-state index contributed by atoms with van der Waals surface area (Å²) in [7, 11) is -1.51. The highest BCUT2D eigenvalue weighted by molar-refractivity contribution is 7.90. The molecule has 0 saturated carbocycles. The van der Waals surface area contributed by atoms with Crippen LogP contribution in [0.1, 0.15) is 17.5 Å². The molecule has 1 N–H and O–H groups in total. The van der Waals surface area contributed by atoms with E-state index < -0.39 is 9.84 Å². The smallest absolute Gasteiger partial charge is 0.154 e. The number of methoxy groups -OCH3 is 1. The molecule has 1 rings (SSSR count). The summed E-state index contributed by atoms with van der Waals surface area (Å²) in [6.07, 6.45) is 0.521. The van der Waals surface area contributed by atoms with Gasteiger partial charge in [0.05, 0.1) is 18.1 Å². The quantitative estimate of drug-likeness (QED) is 0.745. The molecule has 0 saturated heterocycles. The molecule has 0 aliphatic heterocycles. The normalized spacial score (nSPS) is 11.6. The number of aliphatic hydroxyl groups excluding tert-OH is 1. The molecule has 0 aliphatic carbocycles. The molecule has 0 spiro atoms. The number of hydrogen-bond acceptors (Lipinski definition) is 4. The van der Waals surface area contributed by atoms with Gasteiger partial charge in [-0.05, 0) is 17.5 Å². The largest absolute Gasteiger partial charge is 0.392 e. The highest BCUT2D eigenvalue weighted by atomic mass is 32.2. The topological polar surface area (TPSA) is 63.6 Å². The highest BCUT2D eigenvalue weighted by Crippen LogP contribution is 2.09. The van der Waals surface area contributed by atoms with Gasteiger partial charge in [0.15, 0.2) is 9.84 Å². The Morgan fingerprint density at radius 3 is 2.29 bits per heavy atom. The van der Waals surface area contributed by atoms with E-state index in [1.54, 1.807) is 31.4 Å². The van der Waals surface area contributed by atoms with E-state index in [1.165, 1.54) is 0 Å². The molecule has 0 unspecified atom stereocenters. The van der Waals surface area contributed by atoms with Gasteiger partial charge in [0, 0.05) is 13.7 Å². The Balaban J connectivity index is 2.56. The van der Waals surface area contributed by atoms with Crippen molar-refractivity contribution in [2.75, 3.05) is 19.5 Å². The van der Waals surface area contributed by atoms with Crippen LogP contribution in [0.25, 0.3) is 0 Å². The van der Waals surface area contributed by atoms with Crippen LogP contribution in [0.4, 0.5) is 0 Å². The van der Waals surface area contributed by atoms with E-state index in [0.717, 1.165) is 11.1 Å². The maximum atomic E-state index is 11.7. The zero-order valence-corrected chi connectivity index (χ0v) is 10.7. The van der Waals surface area contributed by atoms with Gasteiger partial charge >= 0.3 is 0 Å². The summed E-state index contributed by atoms with van der Waals surface area (Å²) in [6.45, 7) is 0.434. The summed E-state index contributed by atoms with van der Waals surface area (Å²) in [5, 5.41) is 8.87. The second kappa shape index (κ2) is 6.74. The van der Waals surface area contributed by atoms with E-state index >= 15 is 0 Å². The van der Waals surface area contributed by atoms with Crippen LogP contribution in [-0.2, 0) is 26.9 Å². The van der Waals surface area contributed by atoms with Gasteiger partial charge in [-0.2, -0.15) is 0 Å². The fraction of sp³-hybridized carbons (Fsp3) is 0.500. The zero-order valence-electron chi connectivity index (χ0n) is 9.93. The average Bonchev–Trinajstić information content (AvgIpc) is 2.30. The van der Waals surface area contributed by atoms with Gasteiger partial charge < -0.3 is 9.84 Å².